The molecule has 0 aromatic heterocycles. The Balaban J connectivity index is 4.93. The van der Waals surface area contributed by atoms with Crippen molar-refractivity contribution in [1.82, 2.24) is 5.32 Å². The van der Waals surface area contributed by atoms with Crippen molar-refractivity contribution in [3.05, 3.63) is 0 Å². The SMILES string of the molecule is CC(C)CC(C)(N=NC(C)(C)O)C(=O)NCCO. The van der Waals surface area contributed by atoms with Crippen molar-refractivity contribution in [3.63, 3.8) is 0 Å². The lowest BCUT2D eigenvalue weighted by Crippen LogP contribution is -2.45. The second-order valence-electron chi connectivity index (χ2n) is 5.55. The van der Waals surface area contributed by atoms with Gasteiger partial charge in [0.1, 0.15) is 0 Å². The van der Waals surface area contributed by atoms with E-state index in [2.05, 4.69) is 15.5 Å². The molecule has 0 fully saturated rings. The van der Waals surface area contributed by atoms with Crippen LogP contribution in [0.15, 0.2) is 10.2 Å². The van der Waals surface area contributed by atoms with Crippen LogP contribution in [0.2, 0.25) is 0 Å². The number of azo groups is 1. The third kappa shape index (κ3) is 6.66. The summed E-state index contributed by atoms with van der Waals surface area (Å²) in [5, 5.41) is 28.6. The molecule has 1 amide bonds. The second kappa shape index (κ2) is 6.80. The van der Waals surface area contributed by atoms with Gasteiger partial charge >= 0.3 is 0 Å². The molecule has 1 atom stereocenters. The summed E-state index contributed by atoms with van der Waals surface area (Å²) in [6.07, 6.45) is 0.518. The Labute approximate surface area is 109 Å². The molecule has 0 radical (unpaired) electrons. The number of carbonyl (C=O) groups excluding carboxylic acids is 1. The van der Waals surface area contributed by atoms with Crippen LogP contribution in [0.4, 0.5) is 0 Å². The van der Waals surface area contributed by atoms with Crippen LogP contribution in [0, 0.1) is 5.92 Å². The van der Waals surface area contributed by atoms with E-state index in [0.29, 0.717) is 6.42 Å². The van der Waals surface area contributed by atoms with E-state index >= 15 is 0 Å². The largest absolute Gasteiger partial charge is 0.395 e. The number of aliphatic hydroxyl groups excluding tert-OH is 1. The Morgan fingerprint density at radius 2 is 1.83 bits per heavy atom. The number of amides is 1. The van der Waals surface area contributed by atoms with E-state index < -0.39 is 11.3 Å². The van der Waals surface area contributed by atoms with Gasteiger partial charge in [0.25, 0.3) is 0 Å². The minimum atomic E-state index is -1.30. The molecular formula is C12H25N3O3. The van der Waals surface area contributed by atoms with Gasteiger partial charge in [-0.25, -0.2) is 0 Å². The minimum absolute atomic E-state index is 0.119. The fourth-order valence-electron chi connectivity index (χ4n) is 1.57. The minimum Gasteiger partial charge on any atom is -0.395 e. The first-order valence-electron chi connectivity index (χ1n) is 6.16. The third-order valence-electron chi connectivity index (χ3n) is 2.21. The molecule has 0 aromatic carbocycles. The molecule has 0 bridgehead atoms. The van der Waals surface area contributed by atoms with E-state index in [9.17, 15) is 9.90 Å². The quantitative estimate of drug-likeness (QED) is 0.597. The van der Waals surface area contributed by atoms with Crippen molar-refractivity contribution >= 4 is 5.91 Å². The number of hydrogen-bond acceptors (Lipinski definition) is 5. The molecule has 0 saturated carbocycles. The van der Waals surface area contributed by atoms with E-state index in [1.165, 1.54) is 13.8 Å². The Kier molecular flexibility index (Phi) is 6.42. The van der Waals surface area contributed by atoms with Gasteiger partial charge in [0, 0.05) is 6.54 Å². The maximum absolute atomic E-state index is 12.0. The molecule has 0 aliphatic carbocycles. The van der Waals surface area contributed by atoms with Crippen LogP contribution in [0.1, 0.15) is 41.0 Å². The molecule has 18 heavy (non-hydrogen) atoms. The first-order chi connectivity index (χ1) is 8.10. The molecule has 6 heteroatoms. The first-order valence-corrected chi connectivity index (χ1v) is 6.16. The lowest BCUT2D eigenvalue weighted by molar-refractivity contribution is -0.126. The maximum Gasteiger partial charge on any atom is 0.249 e. The Bertz CT molecular complexity index is 297. The topological polar surface area (TPSA) is 94.3 Å². The monoisotopic (exact) mass is 259 g/mol. The summed E-state index contributed by atoms with van der Waals surface area (Å²) in [4.78, 5) is 12.0. The summed E-state index contributed by atoms with van der Waals surface area (Å²) in [5.74, 6) is -0.0334. The Hall–Kier alpha value is -1.01. The first kappa shape index (κ1) is 17.0. The molecule has 0 heterocycles. The molecule has 0 aliphatic rings. The molecule has 0 rings (SSSR count). The van der Waals surface area contributed by atoms with Crippen LogP contribution in [0.5, 0.6) is 0 Å². The van der Waals surface area contributed by atoms with E-state index in [1.807, 2.05) is 13.8 Å². The van der Waals surface area contributed by atoms with Gasteiger partial charge in [-0.1, -0.05) is 13.8 Å². The van der Waals surface area contributed by atoms with Crippen LogP contribution in [0.3, 0.4) is 0 Å². The molecule has 0 saturated heterocycles. The summed E-state index contributed by atoms with van der Waals surface area (Å²) < 4.78 is 0. The van der Waals surface area contributed by atoms with E-state index in [0.717, 1.165) is 0 Å². The Morgan fingerprint density at radius 3 is 2.22 bits per heavy atom. The summed E-state index contributed by atoms with van der Waals surface area (Å²) in [7, 11) is 0. The van der Waals surface area contributed by atoms with Gasteiger partial charge in [-0.15, -0.1) is 0 Å². The van der Waals surface area contributed by atoms with Crippen LogP contribution in [-0.2, 0) is 4.79 Å². The summed E-state index contributed by atoms with van der Waals surface area (Å²) in [6.45, 7) is 8.70. The smallest absolute Gasteiger partial charge is 0.249 e. The standard InChI is InChI=1S/C12H25N3O3/c1-9(2)8-12(5,10(17)13-6-7-16)15-14-11(3,4)18/h9,16,18H,6-8H2,1-5H3,(H,13,17). The number of carbonyl (C=O) groups is 1. The van der Waals surface area contributed by atoms with E-state index in [4.69, 9.17) is 5.11 Å². The van der Waals surface area contributed by atoms with Gasteiger partial charge in [0.15, 0.2) is 11.3 Å². The van der Waals surface area contributed by atoms with Crippen molar-refractivity contribution < 1.29 is 15.0 Å². The zero-order chi connectivity index (χ0) is 14.4. The highest BCUT2D eigenvalue weighted by molar-refractivity contribution is 5.85. The zero-order valence-electron chi connectivity index (χ0n) is 11.9. The number of aliphatic hydroxyl groups is 2. The highest BCUT2D eigenvalue weighted by atomic mass is 16.3. The third-order valence-corrected chi connectivity index (χ3v) is 2.21. The fraction of sp³-hybridized carbons (Fsp3) is 0.917. The number of hydrogen-bond donors (Lipinski definition) is 3. The molecular weight excluding hydrogens is 234 g/mol. The van der Waals surface area contributed by atoms with Gasteiger partial charge in [-0.3, -0.25) is 4.79 Å². The van der Waals surface area contributed by atoms with Gasteiger partial charge in [0.05, 0.1) is 6.61 Å². The van der Waals surface area contributed by atoms with Crippen LogP contribution < -0.4 is 5.32 Å². The molecule has 1 unspecified atom stereocenters. The molecule has 0 aromatic rings. The second-order valence-corrected chi connectivity index (χ2v) is 5.55. The number of nitrogens with zero attached hydrogens (tertiary/aromatic N) is 2. The summed E-state index contributed by atoms with van der Waals surface area (Å²) in [5.41, 5.74) is -2.32. The molecule has 6 nitrogen and oxygen atoms in total. The normalized spacial score (nSPS) is 16.0. The predicted molar refractivity (Wildman–Crippen MR) is 69.1 cm³/mol. The van der Waals surface area contributed by atoms with E-state index in [-0.39, 0.29) is 25.0 Å². The molecule has 0 aliphatic heterocycles. The van der Waals surface area contributed by atoms with Crippen LogP contribution in [-0.4, -0.2) is 40.5 Å². The van der Waals surface area contributed by atoms with Crippen molar-refractivity contribution in [2.24, 2.45) is 16.1 Å². The van der Waals surface area contributed by atoms with Gasteiger partial charge in [-0.2, -0.15) is 10.2 Å². The molecule has 106 valence electrons. The lowest BCUT2D eigenvalue weighted by atomic mass is 9.90. The van der Waals surface area contributed by atoms with Gasteiger partial charge in [-0.05, 0) is 33.1 Å². The average Bonchev–Trinajstić information content (AvgIpc) is 2.21. The summed E-state index contributed by atoms with van der Waals surface area (Å²) >= 11 is 0. The van der Waals surface area contributed by atoms with Crippen LogP contribution in [0.25, 0.3) is 0 Å². The van der Waals surface area contributed by atoms with Crippen LogP contribution >= 0.6 is 0 Å². The predicted octanol–water partition coefficient (Wildman–Crippen LogP) is 1.08. The zero-order valence-corrected chi connectivity index (χ0v) is 11.9. The lowest BCUT2D eigenvalue weighted by Gasteiger charge is -2.25. The number of rotatable bonds is 7. The average molecular weight is 259 g/mol. The molecule has 3 N–H and O–H groups in total. The molecule has 0 spiro atoms. The highest BCUT2D eigenvalue weighted by Gasteiger charge is 2.34. The fourth-order valence-corrected chi connectivity index (χ4v) is 1.57. The Morgan fingerprint density at radius 1 is 1.28 bits per heavy atom. The van der Waals surface area contributed by atoms with Crippen molar-refractivity contribution in [2.45, 2.75) is 52.3 Å². The van der Waals surface area contributed by atoms with Crippen molar-refractivity contribution in [3.8, 4) is 0 Å². The highest BCUT2D eigenvalue weighted by Crippen LogP contribution is 2.23. The maximum atomic E-state index is 12.0. The van der Waals surface area contributed by atoms with Gasteiger partial charge < -0.3 is 15.5 Å². The van der Waals surface area contributed by atoms with Crippen molar-refractivity contribution in [2.75, 3.05) is 13.2 Å². The number of nitrogens with one attached hydrogen (secondary N) is 1. The van der Waals surface area contributed by atoms with Crippen molar-refractivity contribution in [1.29, 1.82) is 0 Å². The van der Waals surface area contributed by atoms with Gasteiger partial charge in [0.2, 0.25) is 5.91 Å². The van der Waals surface area contributed by atoms with E-state index in [1.54, 1.807) is 6.92 Å². The summed E-state index contributed by atoms with van der Waals surface area (Å²) in [6, 6.07) is 0.